The van der Waals surface area contributed by atoms with E-state index in [1.54, 1.807) is 6.07 Å². The first-order chi connectivity index (χ1) is 11.9. The number of hydrogen-bond donors (Lipinski definition) is 0. The molecule has 25 heavy (non-hydrogen) atoms. The lowest BCUT2D eigenvalue weighted by Crippen LogP contribution is -2.16. The van der Waals surface area contributed by atoms with Gasteiger partial charge in [-0.3, -0.25) is 4.79 Å². The minimum absolute atomic E-state index is 0.175. The first kappa shape index (κ1) is 16.8. The molecule has 0 amide bonds. The zero-order valence-electron chi connectivity index (χ0n) is 14.5. The van der Waals surface area contributed by atoms with Gasteiger partial charge in [0.2, 0.25) is 11.2 Å². The van der Waals surface area contributed by atoms with E-state index in [9.17, 15) is 9.59 Å². The Balaban J connectivity index is 2.34. The van der Waals surface area contributed by atoms with Gasteiger partial charge in [0.15, 0.2) is 5.76 Å². The fraction of sp³-hybridized carbons (Fsp3) is 0.200. The van der Waals surface area contributed by atoms with Crippen LogP contribution in [0.15, 0.2) is 45.6 Å². The lowest BCUT2D eigenvalue weighted by molar-refractivity contribution is 0.120. The monoisotopic (exact) mass is 338 g/mol. The molecule has 3 rings (SSSR count). The number of hydrogen-bond acceptors (Lipinski definition) is 5. The summed E-state index contributed by atoms with van der Waals surface area (Å²) in [5, 5.41) is 0.359. The highest BCUT2D eigenvalue weighted by atomic mass is 16.7. The van der Waals surface area contributed by atoms with Gasteiger partial charge in [0, 0.05) is 5.56 Å². The molecule has 0 fully saturated rings. The van der Waals surface area contributed by atoms with Crippen LogP contribution in [-0.2, 0) is 4.74 Å². The summed E-state index contributed by atoms with van der Waals surface area (Å²) in [6, 6.07) is 10.9. The lowest BCUT2D eigenvalue weighted by Gasteiger charge is -2.11. The molecular formula is C20H18O5. The largest absolute Gasteiger partial charge is 0.513 e. The molecule has 1 heterocycles. The Labute approximate surface area is 144 Å². The molecule has 1 aromatic heterocycles. The Kier molecular flexibility index (Phi) is 4.31. The Bertz CT molecular complexity index is 1010. The second kappa shape index (κ2) is 6.43. The minimum atomic E-state index is -0.969. The van der Waals surface area contributed by atoms with Crippen LogP contribution >= 0.6 is 0 Å². The summed E-state index contributed by atoms with van der Waals surface area (Å²) in [6.07, 6.45) is -0.969. The van der Waals surface area contributed by atoms with E-state index in [1.807, 2.05) is 51.1 Å². The molecule has 0 N–H and O–H groups in total. The van der Waals surface area contributed by atoms with E-state index >= 15 is 0 Å². The maximum Gasteiger partial charge on any atom is 0.513 e. The molecule has 0 bridgehead atoms. The predicted molar refractivity (Wildman–Crippen MR) is 95.2 cm³/mol. The van der Waals surface area contributed by atoms with Gasteiger partial charge in [-0.05, 0) is 44.0 Å². The molecule has 0 saturated carbocycles. The van der Waals surface area contributed by atoms with Crippen molar-refractivity contribution in [2.75, 3.05) is 7.11 Å². The summed E-state index contributed by atoms with van der Waals surface area (Å²) in [5.74, 6) is 0.0256. The summed E-state index contributed by atoms with van der Waals surface area (Å²) in [7, 11) is 1.18. The number of methoxy groups -OCH3 is 1. The van der Waals surface area contributed by atoms with Gasteiger partial charge < -0.3 is 13.9 Å². The van der Waals surface area contributed by atoms with Gasteiger partial charge in [0.1, 0.15) is 5.58 Å². The van der Waals surface area contributed by atoms with E-state index in [4.69, 9.17) is 9.15 Å². The van der Waals surface area contributed by atoms with Crippen molar-refractivity contribution in [2.45, 2.75) is 20.8 Å². The van der Waals surface area contributed by atoms with E-state index in [0.29, 0.717) is 16.5 Å². The number of fused-ring (bicyclic) bond motifs is 1. The zero-order chi connectivity index (χ0) is 18.1. The molecule has 0 aliphatic rings. The van der Waals surface area contributed by atoms with E-state index in [0.717, 1.165) is 16.7 Å². The average molecular weight is 338 g/mol. The molecular weight excluding hydrogens is 320 g/mol. The highest BCUT2D eigenvalue weighted by Gasteiger charge is 2.21. The topological polar surface area (TPSA) is 65.7 Å². The number of benzene rings is 2. The van der Waals surface area contributed by atoms with Crippen molar-refractivity contribution in [3.63, 3.8) is 0 Å². The van der Waals surface area contributed by atoms with Crippen molar-refractivity contribution in [1.29, 1.82) is 0 Å². The van der Waals surface area contributed by atoms with E-state index < -0.39 is 11.6 Å². The van der Waals surface area contributed by atoms with Crippen molar-refractivity contribution in [3.05, 3.63) is 63.3 Å². The summed E-state index contributed by atoms with van der Waals surface area (Å²) in [5.41, 5.74) is 3.70. The molecule has 0 aliphatic heterocycles. The first-order valence-electron chi connectivity index (χ1n) is 7.81. The Morgan fingerprint density at radius 1 is 1.00 bits per heavy atom. The second-order valence-corrected chi connectivity index (χ2v) is 5.94. The van der Waals surface area contributed by atoms with Crippen LogP contribution in [0, 0.1) is 20.8 Å². The second-order valence-electron chi connectivity index (χ2n) is 5.94. The predicted octanol–water partition coefficient (Wildman–Crippen LogP) is 4.53. The smallest absolute Gasteiger partial charge is 0.452 e. The van der Waals surface area contributed by atoms with Crippen LogP contribution < -0.4 is 10.2 Å². The van der Waals surface area contributed by atoms with Crippen LogP contribution in [0.5, 0.6) is 5.75 Å². The van der Waals surface area contributed by atoms with Gasteiger partial charge in [-0.2, -0.15) is 0 Å². The van der Waals surface area contributed by atoms with Gasteiger partial charge >= 0.3 is 6.16 Å². The van der Waals surface area contributed by atoms with Gasteiger partial charge in [0.05, 0.1) is 12.5 Å². The molecule has 0 radical (unpaired) electrons. The third-order valence-electron chi connectivity index (χ3n) is 4.13. The van der Waals surface area contributed by atoms with Gasteiger partial charge in [-0.25, -0.2) is 4.79 Å². The maximum atomic E-state index is 12.9. The number of carbonyl (C=O) groups excluding carboxylic acids is 1. The fourth-order valence-corrected chi connectivity index (χ4v) is 2.55. The third kappa shape index (κ3) is 3.13. The molecule has 0 spiro atoms. The standard InChI is InChI=1S/C20H18O5/c1-11-5-7-14(8-6-11)18-19(25-20(22)23-4)17(21)15-9-12(2)13(3)10-16(15)24-18/h5-10H,1-4H3. The number of aryl methyl sites for hydroxylation is 3. The van der Waals surface area contributed by atoms with Gasteiger partial charge in [0.25, 0.3) is 0 Å². The SMILES string of the molecule is COC(=O)Oc1c(-c2ccc(C)cc2)oc2cc(C)c(C)cc2c1=O. The summed E-state index contributed by atoms with van der Waals surface area (Å²) in [4.78, 5) is 24.5. The highest BCUT2D eigenvalue weighted by Crippen LogP contribution is 2.32. The molecule has 0 atom stereocenters. The molecule has 2 aromatic carbocycles. The normalized spacial score (nSPS) is 10.7. The van der Waals surface area contributed by atoms with Crippen LogP contribution in [0.3, 0.4) is 0 Å². The van der Waals surface area contributed by atoms with Gasteiger partial charge in [-0.1, -0.05) is 29.8 Å². The third-order valence-corrected chi connectivity index (χ3v) is 4.13. The summed E-state index contributed by atoms with van der Waals surface area (Å²) < 4.78 is 15.6. The van der Waals surface area contributed by atoms with Crippen LogP contribution in [0.2, 0.25) is 0 Å². The van der Waals surface area contributed by atoms with E-state index in [-0.39, 0.29) is 11.5 Å². The van der Waals surface area contributed by atoms with Crippen molar-refractivity contribution >= 4 is 17.1 Å². The Hall–Kier alpha value is -3.08. The first-order valence-corrected chi connectivity index (χ1v) is 7.81. The van der Waals surface area contributed by atoms with Crippen molar-refractivity contribution in [1.82, 2.24) is 0 Å². The maximum absolute atomic E-state index is 12.9. The average Bonchev–Trinajstić information content (AvgIpc) is 2.59. The molecule has 0 saturated heterocycles. The van der Waals surface area contributed by atoms with E-state index in [2.05, 4.69) is 4.74 Å². The fourth-order valence-electron chi connectivity index (χ4n) is 2.55. The molecule has 0 unspecified atom stereocenters. The number of rotatable bonds is 2. The Morgan fingerprint density at radius 3 is 2.28 bits per heavy atom. The van der Waals surface area contributed by atoms with Gasteiger partial charge in [-0.15, -0.1) is 0 Å². The van der Waals surface area contributed by atoms with Crippen LogP contribution in [0.4, 0.5) is 4.79 Å². The molecule has 5 nitrogen and oxygen atoms in total. The van der Waals surface area contributed by atoms with Crippen LogP contribution in [0.1, 0.15) is 16.7 Å². The summed E-state index contributed by atoms with van der Waals surface area (Å²) >= 11 is 0. The van der Waals surface area contributed by atoms with Crippen molar-refractivity contribution in [2.24, 2.45) is 0 Å². The quantitative estimate of drug-likeness (QED) is 0.642. The van der Waals surface area contributed by atoms with Crippen molar-refractivity contribution in [3.8, 4) is 17.1 Å². The van der Waals surface area contributed by atoms with E-state index in [1.165, 1.54) is 7.11 Å². The number of ether oxygens (including phenoxy) is 2. The number of carbonyl (C=O) groups is 1. The summed E-state index contributed by atoms with van der Waals surface area (Å²) in [6.45, 7) is 5.81. The molecule has 3 aromatic rings. The van der Waals surface area contributed by atoms with Crippen LogP contribution in [-0.4, -0.2) is 13.3 Å². The zero-order valence-corrected chi connectivity index (χ0v) is 14.5. The molecule has 128 valence electrons. The minimum Gasteiger partial charge on any atom is -0.452 e. The van der Waals surface area contributed by atoms with Crippen LogP contribution in [0.25, 0.3) is 22.3 Å². The Morgan fingerprint density at radius 2 is 1.64 bits per heavy atom. The lowest BCUT2D eigenvalue weighted by atomic mass is 10.0. The highest BCUT2D eigenvalue weighted by molar-refractivity contribution is 5.84. The molecule has 0 aliphatic carbocycles. The molecule has 5 heteroatoms. The van der Waals surface area contributed by atoms with Crippen molar-refractivity contribution < 1.29 is 18.7 Å².